The molecule has 5 heteroatoms. The molecule has 2 N–H and O–H groups in total. The van der Waals surface area contributed by atoms with E-state index in [9.17, 15) is 4.79 Å². The Labute approximate surface area is 113 Å². The molecule has 1 aliphatic heterocycles. The molecule has 0 atom stereocenters. The highest BCUT2D eigenvalue weighted by Gasteiger charge is 2.05. The Morgan fingerprint density at radius 1 is 1.50 bits per heavy atom. The quantitative estimate of drug-likeness (QED) is 0.609. The Kier molecular flexibility index (Phi) is 8.79. The first kappa shape index (κ1) is 17.2. The molecule has 0 amide bonds. The van der Waals surface area contributed by atoms with Crippen molar-refractivity contribution < 1.29 is 19.7 Å². The van der Waals surface area contributed by atoms with Crippen LogP contribution in [-0.4, -0.2) is 28.6 Å². The Morgan fingerprint density at radius 2 is 2.11 bits per heavy atom. The van der Waals surface area contributed by atoms with Crippen LogP contribution < -0.4 is 0 Å². The van der Waals surface area contributed by atoms with E-state index in [4.69, 9.17) is 14.9 Å². The van der Waals surface area contributed by atoms with Crippen molar-refractivity contribution >= 4 is 17.7 Å². The van der Waals surface area contributed by atoms with Crippen LogP contribution >= 0.6 is 11.8 Å². The van der Waals surface area contributed by atoms with Crippen molar-refractivity contribution in [2.75, 3.05) is 6.61 Å². The number of carbonyl (C=O) groups is 1. The number of hydrogen-bond donors (Lipinski definition) is 2. The van der Waals surface area contributed by atoms with Gasteiger partial charge in [0.15, 0.2) is 5.79 Å². The summed E-state index contributed by atoms with van der Waals surface area (Å²) in [5.41, 5.74) is 1.32. The van der Waals surface area contributed by atoms with Crippen LogP contribution in [0.2, 0.25) is 0 Å². The van der Waals surface area contributed by atoms with E-state index in [2.05, 4.69) is 16.9 Å². The van der Waals surface area contributed by atoms with Crippen molar-refractivity contribution in [3.05, 3.63) is 22.5 Å². The third kappa shape index (κ3) is 13.3. The van der Waals surface area contributed by atoms with Crippen molar-refractivity contribution in [1.29, 1.82) is 0 Å². The summed E-state index contributed by atoms with van der Waals surface area (Å²) in [5.74, 6) is -1.59. The van der Waals surface area contributed by atoms with E-state index in [1.807, 2.05) is 6.92 Å². The van der Waals surface area contributed by atoms with Crippen molar-refractivity contribution in [1.82, 2.24) is 0 Å². The first-order valence-corrected chi connectivity index (χ1v) is 6.86. The van der Waals surface area contributed by atoms with Crippen LogP contribution in [0.25, 0.3) is 0 Å². The number of rotatable bonds is 4. The minimum absolute atomic E-state index is 0.0945. The van der Waals surface area contributed by atoms with E-state index in [0.29, 0.717) is 13.0 Å². The lowest BCUT2D eigenvalue weighted by molar-refractivity contribution is -0.143. The van der Waals surface area contributed by atoms with Gasteiger partial charge in [0, 0.05) is 6.42 Å². The summed E-state index contributed by atoms with van der Waals surface area (Å²) >= 11 is 1.67. The predicted molar refractivity (Wildman–Crippen MR) is 73.8 cm³/mol. The summed E-state index contributed by atoms with van der Waals surface area (Å²) in [4.78, 5) is 11.0. The van der Waals surface area contributed by atoms with Crippen LogP contribution in [0, 0.1) is 0 Å². The highest BCUT2D eigenvalue weighted by Crippen LogP contribution is 2.22. The van der Waals surface area contributed by atoms with Crippen LogP contribution in [0.15, 0.2) is 22.5 Å². The SMILES string of the molecule is CC(C)(O)O.CCOC(=O)CCC1=CSC=CC1. The molecule has 0 aromatic rings. The molecule has 0 aromatic heterocycles. The predicted octanol–water partition coefficient (Wildman–Crippen LogP) is 2.57. The lowest BCUT2D eigenvalue weighted by Gasteiger charge is -2.06. The molecular weight excluding hydrogens is 252 g/mol. The molecular formula is C13H22O4S. The van der Waals surface area contributed by atoms with Crippen LogP contribution in [0.3, 0.4) is 0 Å². The van der Waals surface area contributed by atoms with Gasteiger partial charge in [-0.1, -0.05) is 11.6 Å². The van der Waals surface area contributed by atoms with E-state index in [1.165, 1.54) is 19.4 Å². The summed E-state index contributed by atoms with van der Waals surface area (Å²) in [6, 6.07) is 0. The highest BCUT2D eigenvalue weighted by molar-refractivity contribution is 8.04. The second kappa shape index (κ2) is 9.19. The monoisotopic (exact) mass is 274 g/mol. The Morgan fingerprint density at radius 3 is 2.56 bits per heavy atom. The molecule has 18 heavy (non-hydrogen) atoms. The van der Waals surface area contributed by atoms with Gasteiger partial charge in [0.2, 0.25) is 0 Å². The van der Waals surface area contributed by atoms with Gasteiger partial charge in [-0.15, -0.1) is 11.8 Å². The molecule has 1 aliphatic rings. The van der Waals surface area contributed by atoms with Crippen molar-refractivity contribution in [3.8, 4) is 0 Å². The van der Waals surface area contributed by atoms with Crippen molar-refractivity contribution in [2.45, 2.75) is 45.8 Å². The fourth-order valence-electron chi connectivity index (χ4n) is 1.10. The van der Waals surface area contributed by atoms with E-state index in [0.717, 1.165) is 12.8 Å². The third-order valence-electron chi connectivity index (χ3n) is 1.75. The fraction of sp³-hybridized carbons (Fsp3) is 0.615. The lowest BCUT2D eigenvalue weighted by atomic mass is 10.1. The molecule has 1 rings (SSSR count). The summed E-state index contributed by atoms with van der Waals surface area (Å²) < 4.78 is 4.84. The molecule has 0 radical (unpaired) electrons. The first-order chi connectivity index (χ1) is 8.33. The van der Waals surface area contributed by atoms with E-state index in [1.54, 1.807) is 11.8 Å². The average molecular weight is 274 g/mol. The minimum Gasteiger partial charge on any atom is -0.466 e. The number of carbonyl (C=O) groups excluding carboxylic acids is 1. The standard InChI is InChI=1S/C10H14O2S.C3H8O2/c1-2-12-10(11)6-5-9-4-3-7-13-8-9;1-3(2,4)5/h3,7-8H,2,4-6H2,1H3;4-5H,1-2H3. The summed E-state index contributed by atoms with van der Waals surface area (Å²) in [7, 11) is 0. The van der Waals surface area contributed by atoms with E-state index in [-0.39, 0.29) is 5.97 Å². The molecule has 0 aromatic carbocycles. The summed E-state index contributed by atoms with van der Waals surface area (Å²) in [6.45, 7) is 4.91. The van der Waals surface area contributed by atoms with Crippen molar-refractivity contribution in [2.24, 2.45) is 0 Å². The van der Waals surface area contributed by atoms with Crippen LogP contribution in [0.4, 0.5) is 0 Å². The maximum absolute atomic E-state index is 11.0. The van der Waals surface area contributed by atoms with Gasteiger partial charge in [-0.3, -0.25) is 4.79 Å². The third-order valence-corrected chi connectivity index (χ3v) is 2.56. The zero-order chi connectivity index (χ0) is 14.0. The summed E-state index contributed by atoms with van der Waals surface area (Å²) in [6.07, 6.45) is 4.43. The van der Waals surface area contributed by atoms with Gasteiger partial charge in [0.05, 0.1) is 6.61 Å². The summed E-state index contributed by atoms with van der Waals surface area (Å²) in [5, 5.41) is 20.3. The lowest BCUT2D eigenvalue weighted by Crippen LogP contribution is -2.15. The molecule has 0 saturated carbocycles. The van der Waals surface area contributed by atoms with Gasteiger partial charge < -0.3 is 14.9 Å². The van der Waals surface area contributed by atoms with E-state index >= 15 is 0 Å². The van der Waals surface area contributed by atoms with Gasteiger partial charge in [-0.2, -0.15) is 0 Å². The second-order valence-corrected chi connectivity index (χ2v) is 5.07. The second-order valence-electron chi connectivity index (χ2n) is 4.29. The normalized spacial score (nSPS) is 14.4. The van der Waals surface area contributed by atoms with Gasteiger partial charge in [-0.25, -0.2) is 0 Å². The van der Waals surface area contributed by atoms with Gasteiger partial charge >= 0.3 is 5.97 Å². The molecule has 0 unspecified atom stereocenters. The molecule has 104 valence electrons. The van der Waals surface area contributed by atoms with Crippen molar-refractivity contribution in [3.63, 3.8) is 0 Å². The number of allylic oxidation sites excluding steroid dienone is 2. The molecule has 0 fully saturated rings. The van der Waals surface area contributed by atoms with Gasteiger partial charge in [-0.05, 0) is 44.4 Å². The average Bonchev–Trinajstić information content (AvgIpc) is 2.26. The Balaban J connectivity index is 0.000000494. The highest BCUT2D eigenvalue weighted by atomic mass is 32.2. The molecule has 0 spiro atoms. The number of thioether (sulfide) groups is 1. The van der Waals surface area contributed by atoms with Gasteiger partial charge in [0.1, 0.15) is 0 Å². The first-order valence-electron chi connectivity index (χ1n) is 5.91. The van der Waals surface area contributed by atoms with E-state index < -0.39 is 5.79 Å². The molecule has 0 saturated heterocycles. The Bertz CT molecular complexity index is 297. The largest absolute Gasteiger partial charge is 0.466 e. The zero-order valence-corrected chi connectivity index (χ0v) is 12.0. The number of aliphatic hydroxyl groups is 2. The smallest absolute Gasteiger partial charge is 0.306 e. The molecule has 4 nitrogen and oxygen atoms in total. The van der Waals surface area contributed by atoms with Gasteiger partial charge in [0.25, 0.3) is 0 Å². The Hall–Kier alpha value is -0.780. The minimum atomic E-state index is -1.50. The molecule has 0 bridgehead atoms. The number of hydrogen-bond acceptors (Lipinski definition) is 5. The number of esters is 1. The maximum atomic E-state index is 11.0. The maximum Gasteiger partial charge on any atom is 0.306 e. The zero-order valence-electron chi connectivity index (χ0n) is 11.2. The topological polar surface area (TPSA) is 66.8 Å². The molecule has 1 heterocycles. The molecule has 0 aliphatic carbocycles. The fourth-order valence-corrected chi connectivity index (χ4v) is 1.79. The van der Waals surface area contributed by atoms with Crippen LogP contribution in [0.5, 0.6) is 0 Å². The number of ether oxygens (including phenoxy) is 1. The van der Waals surface area contributed by atoms with Crippen LogP contribution in [0.1, 0.15) is 40.0 Å². The van der Waals surface area contributed by atoms with Crippen LogP contribution in [-0.2, 0) is 9.53 Å².